The summed E-state index contributed by atoms with van der Waals surface area (Å²) in [4.78, 5) is 35.4. The van der Waals surface area contributed by atoms with E-state index in [1.54, 1.807) is 45.0 Å². The van der Waals surface area contributed by atoms with Gasteiger partial charge in [0, 0.05) is 10.0 Å². The van der Waals surface area contributed by atoms with Gasteiger partial charge in [-0.1, -0.05) is 46.3 Å². The Bertz CT molecular complexity index is 916. The molecule has 0 amide bonds. The summed E-state index contributed by atoms with van der Waals surface area (Å²) in [6, 6.07) is 13.7. The van der Waals surface area contributed by atoms with Crippen LogP contribution in [0.4, 0.5) is 4.79 Å². The summed E-state index contributed by atoms with van der Waals surface area (Å²) < 4.78 is 16.3. The van der Waals surface area contributed by atoms with Crippen LogP contribution in [0.1, 0.15) is 38.3 Å². The monoisotopic (exact) mass is 492 g/mol. The Morgan fingerprint density at radius 2 is 1.68 bits per heavy atom. The summed E-state index contributed by atoms with van der Waals surface area (Å²) in [7, 11) is 0. The summed E-state index contributed by atoms with van der Waals surface area (Å²) in [5.41, 5.74) is 0.814. The molecule has 31 heavy (non-hydrogen) atoms. The van der Waals surface area contributed by atoms with Crippen molar-refractivity contribution in [2.45, 2.75) is 45.8 Å². The Balaban J connectivity index is 1.89. The lowest BCUT2D eigenvalue weighted by molar-refractivity contribution is -0.159. The molecule has 0 heterocycles. The molecule has 1 atom stereocenters. The second-order valence-electron chi connectivity index (χ2n) is 7.91. The largest absolute Gasteiger partial charge is 0.514 e. The van der Waals surface area contributed by atoms with Gasteiger partial charge in [0.05, 0.1) is 12.3 Å². The third kappa shape index (κ3) is 8.80. The van der Waals surface area contributed by atoms with Crippen molar-refractivity contribution < 1.29 is 33.7 Å². The van der Waals surface area contributed by atoms with Gasteiger partial charge in [-0.3, -0.25) is 9.59 Å². The van der Waals surface area contributed by atoms with E-state index in [4.69, 9.17) is 14.2 Å². The first kappa shape index (κ1) is 24.4. The molecule has 7 nitrogen and oxygen atoms in total. The van der Waals surface area contributed by atoms with E-state index in [0.717, 1.165) is 10.0 Å². The number of ether oxygens (including phenoxy) is 3. The Kier molecular flexibility index (Phi) is 8.62. The van der Waals surface area contributed by atoms with Gasteiger partial charge in [0.15, 0.2) is 0 Å². The molecule has 0 bridgehead atoms. The van der Waals surface area contributed by atoms with Crippen molar-refractivity contribution >= 4 is 34.0 Å². The topological polar surface area (TPSA) is 99.1 Å². The van der Waals surface area contributed by atoms with Crippen molar-refractivity contribution in [3.63, 3.8) is 0 Å². The first-order valence-corrected chi connectivity index (χ1v) is 10.4. The van der Waals surface area contributed by atoms with Crippen LogP contribution in [-0.4, -0.2) is 28.8 Å². The quantitative estimate of drug-likeness (QED) is 0.402. The SMILES string of the molecule is CC(C)(C)OC(=O)CC(Cc1ccc(OC(=O)OCc2ccccc2Br)cc1)C(=O)O. The maximum absolute atomic E-state index is 12.0. The second kappa shape index (κ2) is 10.9. The number of carboxylic acids is 1. The fourth-order valence-corrected chi connectivity index (χ4v) is 3.09. The highest BCUT2D eigenvalue weighted by Gasteiger charge is 2.25. The lowest BCUT2D eigenvalue weighted by Gasteiger charge is -2.21. The van der Waals surface area contributed by atoms with Crippen LogP contribution < -0.4 is 4.74 Å². The molecule has 2 aromatic rings. The van der Waals surface area contributed by atoms with E-state index >= 15 is 0 Å². The molecule has 0 spiro atoms. The van der Waals surface area contributed by atoms with Crippen molar-refractivity contribution in [2.24, 2.45) is 5.92 Å². The summed E-state index contributed by atoms with van der Waals surface area (Å²) in [5.74, 6) is -2.30. The highest BCUT2D eigenvalue weighted by molar-refractivity contribution is 9.10. The summed E-state index contributed by atoms with van der Waals surface area (Å²) in [5, 5.41) is 9.43. The molecular weight excluding hydrogens is 468 g/mol. The first-order valence-electron chi connectivity index (χ1n) is 9.65. The minimum atomic E-state index is -1.08. The van der Waals surface area contributed by atoms with E-state index in [-0.39, 0.29) is 25.2 Å². The second-order valence-corrected chi connectivity index (χ2v) is 8.76. The first-order chi connectivity index (χ1) is 14.5. The Morgan fingerprint density at radius 3 is 2.26 bits per heavy atom. The van der Waals surface area contributed by atoms with E-state index in [1.807, 2.05) is 24.3 Å². The highest BCUT2D eigenvalue weighted by Crippen LogP contribution is 2.20. The molecule has 1 unspecified atom stereocenters. The molecular formula is C23H25BrO7. The molecule has 0 fully saturated rings. The van der Waals surface area contributed by atoms with Gasteiger partial charge in [-0.05, 0) is 51.0 Å². The van der Waals surface area contributed by atoms with Gasteiger partial charge in [-0.2, -0.15) is 0 Å². The standard InChI is InChI=1S/C23H25BrO7/c1-23(2,3)31-20(25)13-17(21(26)27)12-15-8-10-18(11-9-15)30-22(28)29-14-16-6-4-5-7-19(16)24/h4-11,17H,12-14H2,1-3H3,(H,26,27). The highest BCUT2D eigenvalue weighted by atomic mass is 79.9. The molecule has 2 aromatic carbocycles. The number of benzene rings is 2. The van der Waals surface area contributed by atoms with Gasteiger partial charge in [-0.15, -0.1) is 0 Å². The number of hydrogen-bond acceptors (Lipinski definition) is 6. The molecule has 0 aliphatic carbocycles. The third-order valence-corrected chi connectivity index (χ3v) is 4.87. The molecule has 166 valence electrons. The van der Waals surface area contributed by atoms with E-state index in [0.29, 0.717) is 5.56 Å². The number of halogens is 1. The maximum atomic E-state index is 12.0. The van der Waals surface area contributed by atoms with Crippen LogP contribution in [0, 0.1) is 5.92 Å². The minimum Gasteiger partial charge on any atom is -0.481 e. The molecule has 8 heteroatoms. The van der Waals surface area contributed by atoms with Crippen molar-refractivity contribution in [3.8, 4) is 5.75 Å². The van der Waals surface area contributed by atoms with E-state index in [9.17, 15) is 19.5 Å². The molecule has 0 aliphatic rings. The average Bonchev–Trinajstić information content (AvgIpc) is 2.67. The van der Waals surface area contributed by atoms with Crippen molar-refractivity contribution in [1.82, 2.24) is 0 Å². The van der Waals surface area contributed by atoms with Crippen molar-refractivity contribution in [3.05, 3.63) is 64.1 Å². The van der Waals surface area contributed by atoms with Gasteiger partial charge in [-0.25, -0.2) is 4.79 Å². The van der Waals surface area contributed by atoms with Crippen LogP contribution >= 0.6 is 15.9 Å². The van der Waals surface area contributed by atoms with E-state index < -0.39 is 29.6 Å². The lowest BCUT2D eigenvalue weighted by atomic mass is 9.96. The molecule has 0 aliphatic heterocycles. The van der Waals surface area contributed by atoms with E-state index in [2.05, 4.69) is 15.9 Å². The van der Waals surface area contributed by atoms with Crippen LogP contribution in [0.2, 0.25) is 0 Å². The predicted molar refractivity (Wildman–Crippen MR) is 117 cm³/mol. The van der Waals surface area contributed by atoms with Crippen LogP contribution in [0.25, 0.3) is 0 Å². The predicted octanol–water partition coefficient (Wildman–Crippen LogP) is 5.14. The van der Waals surface area contributed by atoms with Crippen LogP contribution in [0.3, 0.4) is 0 Å². The van der Waals surface area contributed by atoms with Crippen molar-refractivity contribution in [2.75, 3.05) is 0 Å². The average molecular weight is 493 g/mol. The molecule has 0 saturated heterocycles. The minimum absolute atomic E-state index is 0.0588. The van der Waals surface area contributed by atoms with Gasteiger partial charge < -0.3 is 19.3 Å². The van der Waals surface area contributed by atoms with Gasteiger partial charge in [0.2, 0.25) is 0 Å². The Hall–Kier alpha value is -2.87. The fourth-order valence-electron chi connectivity index (χ4n) is 2.69. The normalized spacial score (nSPS) is 12.0. The van der Waals surface area contributed by atoms with Crippen LogP contribution in [0.15, 0.2) is 53.0 Å². The molecule has 0 aromatic heterocycles. The molecule has 0 saturated carbocycles. The summed E-state index contributed by atoms with van der Waals surface area (Å²) in [6.45, 7) is 5.23. The van der Waals surface area contributed by atoms with Gasteiger partial charge in [0.25, 0.3) is 0 Å². The number of hydrogen-bond donors (Lipinski definition) is 1. The van der Waals surface area contributed by atoms with Crippen LogP contribution in [0.5, 0.6) is 5.75 Å². The lowest BCUT2D eigenvalue weighted by Crippen LogP contribution is -2.28. The van der Waals surface area contributed by atoms with Gasteiger partial charge in [0.1, 0.15) is 18.0 Å². The molecule has 0 radical (unpaired) electrons. The number of carbonyl (C=O) groups excluding carboxylic acids is 2. The Morgan fingerprint density at radius 1 is 1.03 bits per heavy atom. The zero-order valence-corrected chi connectivity index (χ0v) is 19.2. The van der Waals surface area contributed by atoms with E-state index in [1.165, 1.54) is 0 Å². The van der Waals surface area contributed by atoms with Gasteiger partial charge >= 0.3 is 18.1 Å². The molecule has 2 rings (SSSR count). The fraction of sp³-hybridized carbons (Fsp3) is 0.348. The zero-order valence-electron chi connectivity index (χ0n) is 17.6. The smallest absolute Gasteiger partial charge is 0.481 e. The van der Waals surface area contributed by atoms with Crippen molar-refractivity contribution in [1.29, 1.82) is 0 Å². The summed E-state index contributed by atoms with van der Waals surface area (Å²) in [6.07, 6.45) is -0.940. The number of rotatable bonds is 8. The molecule has 1 N–H and O–H groups in total. The number of esters is 1. The zero-order chi connectivity index (χ0) is 23.0. The third-order valence-electron chi connectivity index (χ3n) is 4.09. The number of aliphatic carboxylic acids is 1. The Labute approximate surface area is 189 Å². The summed E-state index contributed by atoms with van der Waals surface area (Å²) >= 11 is 3.38. The number of carbonyl (C=O) groups is 3. The maximum Gasteiger partial charge on any atom is 0.514 e. The van der Waals surface area contributed by atoms with Crippen LogP contribution in [-0.2, 0) is 32.1 Å². The number of carboxylic acid groups (broad SMARTS) is 1.